The molecule has 0 aliphatic carbocycles. The quantitative estimate of drug-likeness (QED) is 0.300. The topological polar surface area (TPSA) is 35.1 Å². The van der Waals surface area contributed by atoms with Crippen LogP contribution in [0.4, 0.5) is 5.69 Å². The lowest BCUT2D eigenvalue weighted by molar-refractivity contribution is 0.989. The SMILES string of the molecule is CC1=Nc2c(C)c1c(C)c1c(C)c(C)c(c(C)c3nc(c(C)c4c(C)c(C)c(c2C)n4C)C(C)=C3C)n1C. The number of aromatic nitrogens is 3. The number of rotatable bonds is 0. The zero-order chi connectivity index (χ0) is 28.1. The molecule has 38 heavy (non-hydrogen) atoms. The van der Waals surface area contributed by atoms with E-state index in [9.17, 15) is 0 Å². The number of nitrogens with zero attached hydrogens (tertiary/aromatic N) is 4. The number of aliphatic imine (C=N–C) groups is 1. The van der Waals surface area contributed by atoms with Gasteiger partial charge in [-0.2, -0.15) is 0 Å². The van der Waals surface area contributed by atoms with Crippen LogP contribution in [0.25, 0.3) is 33.2 Å². The van der Waals surface area contributed by atoms with Crippen molar-refractivity contribution < 1.29 is 0 Å². The molecule has 3 aromatic heterocycles. The molecule has 3 aromatic rings. The van der Waals surface area contributed by atoms with Crippen molar-refractivity contribution in [2.24, 2.45) is 19.1 Å². The van der Waals surface area contributed by atoms with Crippen molar-refractivity contribution >= 4 is 44.6 Å². The van der Waals surface area contributed by atoms with Crippen molar-refractivity contribution in [1.82, 2.24) is 14.1 Å². The predicted octanol–water partition coefficient (Wildman–Crippen LogP) is 8.81. The van der Waals surface area contributed by atoms with Crippen LogP contribution in [-0.4, -0.2) is 19.8 Å². The lowest BCUT2D eigenvalue weighted by atomic mass is 10.00. The van der Waals surface area contributed by atoms with Crippen LogP contribution in [0.15, 0.2) is 4.99 Å². The molecule has 0 saturated heterocycles. The molecule has 0 aromatic carbocycles. The molecule has 198 valence electrons. The van der Waals surface area contributed by atoms with E-state index in [0.29, 0.717) is 0 Å². The van der Waals surface area contributed by atoms with Gasteiger partial charge >= 0.3 is 0 Å². The predicted molar refractivity (Wildman–Crippen MR) is 165 cm³/mol. The molecule has 0 radical (unpaired) electrons. The number of fused-ring (bicyclic) bond motifs is 8. The highest BCUT2D eigenvalue weighted by Crippen LogP contribution is 2.40. The van der Waals surface area contributed by atoms with Gasteiger partial charge in [0.1, 0.15) is 0 Å². The summed E-state index contributed by atoms with van der Waals surface area (Å²) in [5.74, 6) is 0. The maximum absolute atomic E-state index is 5.34. The van der Waals surface area contributed by atoms with E-state index in [4.69, 9.17) is 9.98 Å². The second-order valence-electron chi connectivity index (χ2n) is 11.6. The van der Waals surface area contributed by atoms with E-state index in [1.165, 1.54) is 88.8 Å². The molecule has 4 heteroatoms. The molecule has 0 amide bonds. The van der Waals surface area contributed by atoms with E-state index in [0.717, 1.165) is 22.8 Å². The molecule has 0 saturated carbocycles. The van der Waals surface area contributed by atoms with Crippen molar-refractivity contribution in [3.8, 4) is 0 Å². The van der Waals surface area contributed by atoms with Gasteiger partial charge in [0.15, 0.2) is 0 Å². The van der Waals surface area contributed by atoms with Gasteiger partial charge in [-0.25, -0.2) is 4.98 Å². The van der Waals surface area contributed by atoms with E-state index >= 15 is 0 Å². The average Bonchev–Trinajstić information content (AvgIpc) is 3.47. The Bertz CT molecular complexity index is 1830. The summed E-state index contributed by atoms with van der Waals surface area (Å²) in [6, 6.07) is 0. The largest absolute Gasteiger partial charge is 0.344 e. The number of aryl methyl sites for hydroxylation is 10. The van der Waals surface area contributed by atoms with E-state index in [1.54, 1.807) is 0 Å². The minimum atomic E-state index is 1.10. The third-order valence-electron chi connectivity index (χ3n) is 9.62. The lowest BCUT2D eigenvalue weighted by Crippen LogP contribution is -1.99. The fourth-order valence-corrected chi connectivity index (χ4v) is 7.51. The maximum atomic E-state index is 5.34. The van der Waals surface area contributed by atoms with E-state index < -0.39 is 0 Å². The van der Waals surface area contributed by atoms with Gasteiger partial charge in [0.05, 0.1) is 17.1 Å². The molecule has 0 unspecified atom stereocenters. The summed E-state index contributed by atoms with van der Waals surface area (Å²) in [7, 11) is 4.41. The molecule has 5 heterocycles. The first-order chi connectivity index (χ1) is 17.7. The third kappa shape index (κ3) is 3.22. The molecule has 2 aliphatic rings. The van der Waals surface area contributed by atoms with Crippen LogP contribution in [0.5, 0.6) is 0 Å². The standard InChI is InChI=1S/C34H42N4/c1-15-16(2)29-24(10)33-19(5)20(6)34(38(33)14)25(11)30-21(7)27(26(12)35-30)22(8)31-17(3)18(4)32(37(31)13)23(9)28(15)36-29/h1-14H3. The minimum Gasteiger partial charge on any atom is -0.344 e. The highest BCUT2D eigenvalue weighted by atomic mass is 15.0. The lowest BCUT2D eigenvalue weighted by Gasteiger charge is -2.08. The second kappa shape index (κ2) is 8.56. The number of hydrogen-bond acceptors (Lipinski definition) is 2. The monoisotopic (exact) mass is 506 g/mol. The molecule has 0 N–H and O–H groups in total. The molecular formula is C34H42N4. The molecule has 5 rings (SSSR count). The smallest absolute Gasteiger partial charge is 0.0719 e. The Kier molecular flexibility index (Phi) is 5.90. The summed E-state index contributed by atoms with van der Waals surface area (Å²) < 4.78 is 4.76. The Morgan fingerprint density at radius 1 is 0.421 bits per heavy atom. The average molecular weight is 507 g/mol. The van der Waals surface area contributed by atoms with Crippen molar-refractivity contribution in [3.63, 3.8) is 0 Å². The van der Waals surface area contributed by atoms with Crippen molar-refractivity contribution in [2.75, 3.05) is 0 Å². The molecule has 0 atom stereocenters. The fraction of sp³-hybridized carbons (Fsp3) is 0.412. The van der Waals surface area contributed by atoms with Crippen LogP contribution < -0.4 is 0 Å². The Morgan fingerprint density at radius 3 is 1.21 bits per heavy atom. The molecular weight excluding hydrogens is 464 g/mol. The van der Waals surface area contributed by atoms with Gasteiger partial charge in [0.2, 0.25) is 0 Å². The van der Waals surface area contributed by atoms with Gasteiger partial charge < -0.3 is 9.13 Å². The van der Waals surface area contributed by atoms with Crippen LogP contribution in [0, 0.1) is 62.3 Å². The summed E-state index contributed by atoms with van der Waals surface area (Å²) in [4.78, 5) is 10.5. The number of allylic oxidation sites excluding steroid dienone is 2. The third-order valence-corrected chi connectivity index (χ3v) is 9.62. The van der Waals surface area contributed by atoms with Crippen LogP contribution in [-0.2, 0) is 14.1 Å². The van der Waals surface area contributed by atoms with Crippen molar-refractivity contribution in [3.05, 3.63) is 67.0 Å². The van der Waals surface area contributed by atoms with E-state index in [1.807, 2.05) is 0 Å². The van der Waals surface area contributed by atoms with Crippen molar-refractivity contribution in [1.29, 1.82) is 0 Å². The Balaban J connectivity index is 2.22. The normalized spacial score (nSPS) is 13.6. The van der Waals surface area contributed by atoms with Gasteiger partial charge in [-0.05, 0) is 144 Å². The van der Waals surface area contributed by atoms with Crippen LogP contribution in [0.3, 0.4) is 0 Å². The van der Waals surface area contributed by atoms with Gasteiger partial charge in [-0.3, -0.25) is 4.99 Å². The van der Waals surface area contributed by atoms with Crippen LogP contribution in [0.2, 0.25) is 0 Å². The number of hydrogen-bond donors (Lipinski definition) is 0. The minimum absolute atomic E-state index is 1.10. The van der Waals surface area contributed by atoms with Crippen molar-refractivity contribution in [2.45, 2.75) is 83.1 Å². The molecule has 0 fully saturated rings. The first-order valence-electron chi connectivity index (χ1n) is 13.7. The first-order valence-corrected chi connectivity index (χ1v) is 13.7. The summed E-state index contributed by atoms with van der Waals surface area (Å²) >= 11 is 0. The fourth-order valence-electron chi connectivity index (χ4n) is 7.51. The first kappa shape index (κ1) is 26.2. The highest BCUT2D eigenvalue weighted by Gasteiger charge is 2.24. The maximum Gasteiger partial charge on any atom is 0.0719 e. The molecule has 2 aliphatic heterocycles. The zero-order valence-electron chi connectivity index (χ0n) is 25.8. The summed E-state index contributed by atoms with van der Waals surface area (Å²) in [6.07, 6.45) is 0. The summed E-state index contributed by atoms with van der Waals surface area (Å²) in [5.41, 5.74) is 24.8. The summed E-state index contributed by atoms with van der Waals surface area (Å²) in [6.45, 7) is 26.9. The van der Waals surface area contributed by atoms with E-state index in [-0.39, 0.29) is 0 Å². The zero-order valence-corrected chi connectivity index (χ0v) is 25.8. The second-order valence-corrected chi connectivity index (χ2v) is 11.6. The van der Waals surface area contributed by atoms with Gasteiger partial charge in [-0.15, -0.1) is 0 Å². The molecule has 8 bridgehead atoms. The highest BCUT2D eigenvalue weighted by molar-refractivity contribution is 6.09. The van der Waals surface area contributed by atoms with E-state index in [2.05, 4.69) is 106 Å². The molecule has 4 nitrogen and oxygen atoms in total. The Morgan fingerprint density at radius 2 is 0.789 bits per heavy atom. The van der Waals surface area contributed by atoms with Gasteiger partial charge in [-0.1, -0.05) is 0 Å². The van der Waals surface area contributed by atoms with Crippen LogP contribution in [0.1, 0.15) is 87.8 Å². The van der Waals surface area contributed by atoms with Gasteiger partial charge in [0, 0.05) is 47.4 Å². The summed E-state index contributed by atoms with van der Waals surface area (Å²) in [5, 5.41) is 0. The Hall–Kier alpha value is -3.40. The molecule has 0 spiro atoms. The van der Waals surface area contributed by atoms with Gasteiger partial charge in [0.25, 0.3) is 0 Å². The van der Waals surface area contributed by atoms with Crippen LogP contribution >= 0.6 is 0 Å². The Labute approximate surface area is 227 Å².